The normalized spacial score (nSPS) is 10.3. The molecule has 0 bridgehead atoms. The minimum Gasteiger partial charge on any atom is -0.483 e. The zero-order valence-electron chi connectivity index (χ0n) is 10.7. The van der Waals surface area contributed by atoms with Gasteiger partial charge in [-0.3, -0.25) is 4.79 Å². The zero-order valence-corrected chi connectivity index (χ0v) is 11.5. The molecule has 0 aliphatic heterocycles. The first-order chi connectivity index (χ1) is 9.60. The SMILES string of the molecule is CCNC(=O)c1csc(COc2ccc(F)cc2F)n1. The van der Waals surface area contributed by atoms with Crippen LogP contribution in [0.15, 0.2) is 23.6 Å². The molecule has 0 saturated heterocycles. The number of halogens is 2. The van der Waals surface area contributed by atoms with Gasteiger partial charge >= 0.3 is 0 Å². The molecule has 0 fully saturated rings. The van der Waals surface area contributed by atoms with E-state index in [0.29, 0.717) is 17.2 Å². The fourth-order valence-corrected chi connectivity index (χ4v) is 2.15. The van der Waals surface area contributed by atoms with Crippen LogP contribution in [0.2, 0.25) is 0 Å². The third kappa shape index (κ3) is 3.51. The molecule has 106 valence electrons. The smallest absolute Gasteiger partial charge is 0.270 e. The number of hydrogen-bond acceptors (Lipinski definition) is 4. The second-order valence-electron chi connectivity index (χ2n) is 3.85. The lowest BCUT2D eigenvalue weighted by molar-refractivity contribution is 0.0951. The van der Waals surface area contributed by atoms with Crippen LogP contribution < -0.4 is 10.1 Å². The number of amides is 1. The third-order valence-electron chi connectivity index (χ3n) is 2.37. The highest BCUT2D eigenvalue weighted by molar-refractivity contribution is 7.09. The molecule has 0 radical (unpaired) electrons. The van der Waals surface area contributed by atoms with Crippen LogP contribution in [0.3, 0.4) is 0 Å². The summed E-state index contributed by atoms with van der Waals surface area (Å²) in [6.45, 7) is 2.35. The summed E-state index contributed by atoms with van der Waals surface area (Å²) in [4.78, 5) is 15.6. The Morgan fingerprint density at radius 2 is 2.25 bits per heavy atom. The first-order valence-electron chi connectivity index (χ1n) is 5.90. The monoisotopic (exact) mass is 298 g/mol. The van der Waals surface area contributed by atoms with Crippen LogP contribution in [0.5, 0.6) is 5.75 Å². The van der Waals surface area contributed by atoms with E-state index in [1.807, 2.05) is 6.92 Å². The highest BCUT2D eigenvalue weighted by Crippen LogP contribution is 2.20. The van der Waals surface area contributed by atoms with Crippen molar-refractivity contribution < 1.29 is 18.3 Å². The summed E-state index contributed by atoms with van der Waals surface area (Å²) in [5.41, 5.74) is 0.301. The van der Waals surface area contributed by atoms with E-state index >= 15 is 0 Å². The highest BCUT2D eigenvalue weighted by Gasteiger charge is 2.11. The zero-order chi connectivity index (χ0) is 14.5. The van der Waals surface area contributed by atoms with Crippen molar-refractivity contribution in [3.8, 4) is 5.75 Å². The number of nitrogens with zero attached hydrogens (tertiary/aromatic N) is 1. The number of rotatable bonds is 5. The summed E-state index contributed by atoms with van der Waals surface area (Å²) < 4.78 is 31.3. The molecule has 0 spiro atoms. The molecule has 2 rings (SSSR count). The van der Waals surface area contributed by atoms with Crippen molar-refractivity contribution in [2.24, 2.45) is 0 Å². The second-order valence-corrected chi connectivity index (χ2v) is 4.79. The van der Waals surface area contributed by atoms with Crippen LogP contribution in [0, 0.1) is 11.6 Å². The van der Waals surface area contributed by atoms with Gasteiger partial charge in [0.1, 0.15) is 23.1 Å². The van der Waals surface area contributed by atoms with Crippen molar-refractivity contribution in [2.45, 2.75) is 13.5 Å². The number of carbonyl (C=O) groups excluding carboxylic acids is 1. The molecule has 1 N–H and O–H groups in total. The first-order valence-corrected chi connectivity index (χ1v) is 6.78. The second kappa shape index (κ2) is 6.42. The maximum absolute atomic E-state index is 13.3. The summed E-state index contributed by atoms with van der Waals surface area (Å²) in [6, 6.07) is 3.07. The number of nitrogens with one attached hydrogen (secondary N) is 1. The van der Waals surface area contributed by atoms with Gasteiger partial charge < -0.3 is 10.1 Å². The minimum absolute atomic E-state index is 0.0205. The van der Waals surface area contributed by atoms with Crippen LogP contribution in [0.1, 0.15) is 22.4 Å². The molecule has 1 heterocycles. The Morgan fingerprint density at radius 3 is 2.95 bits per heavy atom. The summed E-state index contributed by atoms with van der Waals surface area (Å²) in [6.07, 6.45) is 0. The maximum atomic E-state index is 13.3. The van der Waals surface area contributed by atoms with Crippen LogP contribution in [-0.2, 0) is 6.61 Å². The number of thiazole rings is 1. The topological polar surface area (TPSA) is 51.2 Å². The van der Waals surface area contributed by atoms with Gasteiger partial charge in [0.2, 0.25) is 0 Å². The fraction of sp³-hybridized carbons (Fsp3) is 0.231. The van der Waals surface area contributed by atoms with E-state index in [1.165, 1.54) is 17.4 Å². The van der Waals surface area contributed by atoms with E-state index in [0.717, 1.165) is 12.1 Å². The Kier molecular flexibility index (Phi) is 4.62. The predicted octanol–water partition coefficient (Wildman–Crippen LogP) is 2.75. The molecule has 4 nitrogen and oxygen atoms in total. The molecule has 0 atom stereocenters. The molecule has 7 heteroatoms. The largest absolute Gasteiger partial charge is 0.483 e. The average molecular weight is 298 g/mol. The molecule has 0 aliphatic carbocycles. The molecular formula is C13H12F2N2O2S. The Bertz CT molecular complexity index is 616. The van der Waals surface area contributed by atoms with E-state index < -0.39 is 11.6 Å². The van der Waals surface area contributed by atoms with Gasteiger partial charge in [0.05, 0.1) is 0 Å². The van der Waals surface area contributed by atoms with Crippen molar-refractivity contribution in [1.29, 1.82) is 0 Å². The van der Waals surface area contributed by atoms with Crippen molar-refractivity contribution in [1.82, 2.24) is 10.3 Å². The molecule has 1 aromatic heterocycles. The summed E-state index contributed by atoms with van der Waals surface area (Å²) in [7, 11) is 0. The van der Waals surface area contributed by atoms with Gasteiger partial charge in [0, 0.05) is 18.0 Å². The van der Waals surface area contributed by atoms with Gasteiger partial charge in [0.15, 0.2) is 11.6 Å². The lowest BCUT2D eigenvalue weighted by Gasteiger charge is -2.04. The Hall–Kier alpha value is -2.02. The molecular weight excluding hydrogens is 286 g/mol. The van der Waals surface area contributed by atoms with Crippen molar-refractivity contribution in [2.75, 3.05) is 6.54 Å². The van der Waals surface area contributed by atoms with Gasteiger partial charge in [-0.1, -0.05) is 0 Å². The first kappa shape index (κ1) is 14.4. The molecule has 0 unspecified atom stereocenters. The fourth-order valence-electron chi connectivity index (χ4n) is 1.46. The lowest BCUT2D eigenvalue weighted by atomic mass is 10.3. The van der Waals surface area contributed by atoms with E-state index in [9.17, 15) is 13.6 Å². The standard InChI is InChI=1S/C13H12F2N2O2S/c1-2-16-13(18)10-7-20-12(17-10)6-19-11-4-3-8(14)5-9(11)15/h3-5,7H,2,6H2,1H3,(H,16,18). The molecule has 1 aromatic carbocycles. The Balaban J connectivity index is 1.99. The highest BCUT2D eigenvalue weighted by atomic mass is 32.1. The number of carbonyl (C=O) groups is 1. The number of ether oxygens (including phenoxy) is 1. The predicted molar refractivity (Wildman–Crippen MR) is 70.8 cm³/mol. The number of benzene rings is 1. The lowest BCUT2D eigenvalue weighted by Crippen LogP contribution is -2.22. The van der Waals surface area contributed by atoms with Crippen molar-refractivity contribution in [3.63, 3.8) is 0 Å². The Labute approximate surface area is 118 Å². The quantitative estimate of drug-likeness (QED) is 0.923. The van der Waals surface area contributed by atoms with Gasteiger partial charge in [0.25, 0.3) is 5.91 Å². The average Bonchev–Trinajstić information content (AvgIpc) is 2.87. The van der Waals surface area contributed by atoms with Crippen LogP contribution in [-0.4, -0.2) is 17.4 Å². The number of hydrogen-bond donors (Lipinski definition) is 1. The molecule has 0 aliphatic rings. The van der Waals surface area contributed by atoms with Gasteiger partial charge in [-0.05, 0) is 19.1 Å². The third-order valence-corrected chi connectivity index (χ3v) is 3.19. The molecule has 20 heavy (non-hydrogen) atoms. The van der Waals surface area contributed by atoms with E-state index in [2.05, 4.69) is 10.3 Å². The Morgan fingerprint density at radius 1 is 1.45 bits per heavy atom. The van der Waals surface area contributed by atoms with Gasteiger partial charge in [-0.15, -0.1) is 11.3 Å². The summed E-state index contributed by atoms with van der Waals surface area (Å²) >= 11 is 1.24. The van der Waals surface area contributed by atoms with Crippen LogP contribution in [0.25, 0.3) is 0 Å². The van der Waals surface area contributed by atoms with Crippen LogP contribution >= 0.6 is 11.3 Å². The van der Waals surface area contributed by atoms with E-state index in [1.54, 1.807) is 5.38 Å². The van der Waals surface area contributed by atoms with E-state index in [4.69, 9.17) is 4.74 Å². The molecule has 0 saturated carbocycles. The van der Waals surface area contributed by atoms with Gasteiger partial charge in [-0.2, -0.15) is 0 Å². The molecule has 1 amide bonds. The van der Waals surface area contributed by atoms with Gasteiger partial charge in [-0.25, -0.2) is 13.8 Å². The van der Waals surface area contributed by atoms with Crippen LogP contribution in [0.4, 0.5) is 8.78 Å². The van der Waals surface area contributed by atoms with E-state index in [-0.39, 0.29) is 18.3 Å². The summed E-state index contributed by atoms with van der Waals surface area (Å²) in [5.74, 6) is -1.75. The van der Waals surface area contributed by atoms with Crippen molar-refractivity contribution in [3.05, 3.63) is 45.9 Å². The van der Waals surface area contributed by atoms with Crippen molar-refractivity contribution >= 4 is 17.2 Å². The maximum Gasteiger partial charge on any atom is 0.270 e. The summed E-state index contributed by atoms with van der Waals surface area (Å²) in [5, 5.41) is 4.77. The molecule has 2 aromatic rings. The number of aromatic nitrogens is 1. The minimum atomic E-state index is -0.773.